The van der Waals surface area contributed by atoms with Crippen LogP contribution in [-0.4, -0.2) is 34.0 Å². The molecular formula is C21H21ClN2O3S. The van der Waals surface area contributed by atoms with Crippen LogP contribution in [0.1, 0.15) is 16.9 Å². The maximum atomic E-state index is 12.8. The van der Waals surface area contributed by atoms with Gasteiger partial charge in [-0.25, -0.2) is 8.42 Å². The Balaban J connectivity index is 1.76. The Hall–Kier alpha value is -2.28. The van der Waals surface area contributed by atoms with Crippen molar-refractivity contribution in [1.82, 2.24) is 4.90 Å². The minimum atomic E-state index is -3.64. The number of para-hydroxylation sites is 1. The first-order chi connectivity index (χ1) is 13.4. The van der Waals surface area contributed by atoms with Crippen molar-refractivity contribution < 1.29 is 12.8 Å². The van der Waals surface area contributed by atoms with E-state index in [1.165, 1.54) is 16.8 Å². The Morgan fingerprint density at radius 2 is 1.89 bits per heavy atom. The zero-order valence-corrected chi connectivity index (χ0v) is 17.3. The molecule has 3 aromatic rings. The molecule has 1 aliphatic heterocycles. The van der Waals surface area contributed by atoms with Gasteiger partial charge in [0, 0.05) is 36.1 Å². The minimum absolute atomic E-state index is 0.553. The average molecular weight is 417 g/mol. The van der Waals surface area contributed by atoms with E-state index in [-0.39, 0.29) is 0 Å². The normalized spacial score (nSPS) is 15.2. The molecule has 5 nitrogen and oxygen atoms in total. The molecule has 0 saturated carbocycles. The molecule has 0 N–H and O–H groups in total. The third-order valence-electron chi connectivity index (χ3n) is 5.10. The molecule has 0 unspecified atom stereocenters. The summed E-state index contributed by atoms with van der Waals surface area (Å²) in [5, 5.41) is 2.92. The van der Waals surface area contributed by atoms with Gasteiger partial charge in [-0.15, -0.1) is 0 Å². The fourth-order valence-corrected chi connectivity index (χ4v) is 4.68. The molecule has 1 aliphatic rings. The zero-order valence-electron chi connectivity index (χ0n) is 15.7. The van der Waals surface area contributed by atoms with Crippen molar-refractivity contribution in [3.8, 4) is 0 Å². The van der Waals surface area contributed by atoms with Crippen molar-refractivity contribution in [3.05, 3.63) is 69.8 Å². The Kier molecular flexibility index (Phi) is 4.95. The van der Waals surface area contributed by atoms with Crippen LogP contribution in [0.3, 0.4) is 0 Å². The second-order valence-corrected chi connectivity index (χ2v) is 9.24. The van der Waals surface area contributed by atoms with Crippen molar-refractivity contribution >= 4 is 44.4 Å². The highest BCUT2D eigenvalue weighted by Gasteiger charge is 2.23. The largest absolute Gasteiger partial charge is 0.456 e. The van der Waals surface area contributed by atoms with E-state index in [4.69, 9.17) is 16.0 Å². The van der Waals surface area contributed by atoms with Gasteiger partial charge >= 0.3 is 0 Å². The number of sulfonamides is 1. The molecule has 1 aromatic heterocycles. The van der Waals surface area contributed by atoms with E-state index in [0.717, 1.165) is 40.1 Å². The molecule has 4 rings (SSSR count). The topological polar surface area (TPSA) is 53.8 Å². The molecule has 0 bridgehead atoms. The molecule has 0 aliphatic carbocycles. The first-order valence-corrected chi connectivity index (χ1v) is 10.9. The third-order valence-corrected chi connectivity index (χ3v) is 6.91. The summed E-state index contributed by atoms with van der Waals surface area (Å²) in [4.78, 5) is 2.18. The van der Waals surface area contributed by atoms with E-state index in [9.17, 15) is 8.42 Å². The Morgan fingerprint density at radius 3 is 2.64 bits per heavy atom. The predicted octanol–water partition coefficient (Wildman–Crippen LogP) is 4.51. The van der Waals surface area contributed by atoms with Gasteiger partial charge in [-0.2, -0.15) is 0 Å². The summed E-state index contributed by atoms with van der Waals surface area (Å²) in [6.07, 6.45) is 2.37. The van der Waals surface area contributed by atoms with E-state index >= 15 is 0 Å². The molecule has 0 fully saturated rings. The Bertz CT molecular complexity index is 1150. The summed E-state index contributed by atoms with van der Waals surface area (Å²) in [5.41, 5.74) is 3.37. The van der Waals surface area contributed by atoms with Gasteiger partial charge in [-0.05, 0) is 49.4 Å². The lowest BCUT2D eigenvalue weighted by Crippen LogP contribution is -2.24. The maximum Gasteiger partial charge on any atom is 0.257 e. The van der Waals surface area contributed by atoms with Gasteiger partial charge < -0.3 is 9.32 Å². The number of likely N-dealkylation sites (N-methyl/N-ethyl adjacent to an activating group) is 1. The van der Waals surface area contributed by atoms with E-state index in [1.807, 2.05) is 25.2 Å². The van der Waals surface area contributed by atoms with E-state index in [1.54, 1.807) is 30.3 Å². The molecule has 2 heterocycles. The number of furan rings is 1. The molecule has 0 atom stereocenters. The smallest absolute Gasteiger partial charge is 0.257 e. The van der Waals surface area contributed by atoms with Crippen molar-refractivity contribution in [2.24, 2.45) is 0 Å². The van der Waals surface area contributed by atoms with Crippen LogP contribution in [0.5, 0.6) is 0 Å². The molecule has 0 spiro atoms. The van der Waals surface area contributed by atoms with Crippen LogP contribution in [0.15, 0.2) is 52.3 Å². The Labute approximate surface area is 169 Å². The summed E-state index contributed by atoms with van der Waals surface area (Å²) in [6.45, 7) is 1.56. The van der Waals surface area contributed by atoms with Crippen LogP contribution in [0.25, 0.3) is 17.0 Å². The van der Waals surface area contributed by atoms with Gasteiger partial charge in [0.05, 0.1) is 11.1 Å². The third kappa shape index (κ3) is 3.43. The van der Waals surface area contributed by atoms with Gasteiger partial charge in [-0.3, -0.25) is 4.31 Å². The van der Waals surface area contributed by atoms with Gasteiger partial charge in [0.2, 0.25) is 0 Å². The zero-order chi connectivity index (χ0) is 19.9. The first kappa shape index (κ1) is 19.1. The quantitative estimate of drug-likeness (QED) is 0.627. The van der Waals surface area contributed by atoms with Gasteiger partial charge in [0.25, 0.3) is 10.0 Å². The molecule has 7 heteroatoms. The number of benzene rings is 2. The molecular weight excluding hydrogens is 396 g/mol. The number of anilines is 1. The molecule has 0 amide bonds. The monoisotopic (exact) mass is 416 g/mol. The molecule has 0 radical (unpaired) electrons. The maximum absolute atomic E-state index is 12.8. The highest BCUT2D eigenvalue weighted by atomic mass is 35.5. The van der Waals surface area contributed by atoms with Gasteiger partial charge in [-0.1, -0.05) is 29.8 Å². The van der Waals surface area contributed by atoms with Crippen LogP contribution in [-0.2, 0) is 23.0 Å². The fraction of sp³-hybridized carbons (Fsp3) is 0.238. The first-order valence-electron chi connectivity index (χ1n) is 9.00. The summed E-state index contributed by atoms with van der Waals surface area (Å²) in [6, 6.07) is 12.6. The highest BCUT2D eigenvalue weighted by molar-refractivity contribution is 7.95. The van der Waals surface area contributed by atoms with Gasteiger partial charge in [0.15, 0.2) is 0 Å². The van der Waals surface area contributed by atoms with E-state index in [0.29, 0.717) is 18.0 Å². The molecule has 0 saturated heterocycles. The number of halogens is 1. The van der Waals surface area contributed by atoms with E-state index in [2.05, 4.69) is 4.90 Å². The molecule has 28 heavy (non-hydrogen) atoms. The number of rotatable bonds is 4. The lowest BCUT2D eigenvalue weighted by Gasteiger charge is -2.16. The van der Waals surface area contributed by atoms with Crippen molar-refractivity contribution in [1.29, 1.82) is 0 Å². The highest BCUT2D eigenvalue weighted by Crippen LogP contribution is 2.36. The van der Waals surface area contributed by atoms with Crippen molar-refractivity contribution in [3.63, 3.8) is 0 Å². The number of hydrogen-bond acceptors (Lipinski definition) is 4. The second kappa shape index (κ2) is 7.28. The van der Waals surface area contributed by atoms with Crippen molar-refractivity contribution in [2.75, 3.05) is 24.9 Å². The van der Waals surface area contributed by atoms with Crippen LogP contribution >= 0.6 is 11.6 Å². The van der Waals surface area contributed by atoms with Crippen LogP contribution in [0.4, 0.5) is 5.69 Å². The summed E-state index contributed by atoms with van der Waals surface area (Å²) < 4.78 is 32.7. The van der Waals surface area contributed by atoms with Crippen LogP contribution in [0, 0.1) is 0 Å². The van der Waals surface area contributed by atoms with Crippen molar-refractivity contribution in [2.45, 2.75) is 13.0 Å². The molecule has 2 aromatic carbocycles. The fourth-order valence-electron chi connectivity index (χ4n) is 3.53. The van der Waals surface area contributed by atoms with Crippen LogP contribution in [0.2, 0.25) is 5.02 Å². The number of hydrogen-bond donors (Lipinski definition) is 0. The average Bonchev–Trinajstić information content (AvgIpc) is 2.92. The van der Waals surface area contributed by atoms with E-state index < -0.39 is 10.0 Å². The minimum Gasteiger partial charge on any atom is -0.456 e. The predicted molar refractivity (Wildman–Crippen MR) is 114 cm³/mol. The lowest BCUT2D eigenvalue weighted by atomic mass is 10.0. The molecule has 146 valence electrons. The lowest BCUT2D eigenvalue weighted by molar-refractivity contribution is 0.334. The Morgan fingerprint density at radius 1 is 1.14 bits per heavy atom. The summed E-state index contributed by atoms with van der Waals surface area (Å²) >= 11 is 6.42. The SMILES string of the molecule is CN1CCc2c(Cl)ccc3oc(/C=C/S(=O)(=O)N(C)c4ccccc4)c(c23)C1. The second-order valence-electron chi connectivity index (χ2n) is 6.98. The summed E-state index contributed by atoms with van der Waals surface area (Å²) in [5.74, 6) is 0.553. The van der Waals surface area contributed by atoms with Crippen LogP contribution < -0.4 is 4.31 Å². The number of nitrogens with zero attached hydrogens (tertiary/aromatic N) is 2. The van der Waals surface area contributed by atoms with Gasteiger partial charge in [0.1, 0.15) is 11.3 Å². The standard InChI is InChI=1S/C21H21ClN2O3S/c1-23-12-10-16-18(22)8-9-20-21(16)17(14-23)19(27-20)11-13-28(25,26)24(2)15-6-4-3-5-7-15/h3-9,11,13H,10,12,14H2,1-2H3/b13-11+. The summed E-state index contributed by atoms with van der Waals surface area (Å²) in [7, 11) is -0.0739.